The third kappa shape index (κ3) is 5.36. The van der Waals surface area contributed by atoms with Gasteiger partial charge in [0.2, 0.25) is 0 Å². The number of esters is 1. The second-order valence-electron chi connectivity index (χ2n) is 5.94. The van der Waals surface area contributed by atoms with Gasteiger partial charge in [-0.1, -0.05) is 24.3 Å². The maximum absolute atomic E-state index is 12.2. The van der Waals surface area contributed by atoms with Crippen LogP contribution in [0.3, 0.4) is 0 Å². The Morgan fingerprint density at radius 3 is 2.47 bits per heavy atom. The van der Waals surface area contributed by atoms with E-state index in [0.29, 0.717) is 15.6 Å². The van der Waals surface area contributed by atoms with Gasteiger partial charge in [-0.05, 0) is 57.9 Å². The van der Waals surface area contributed by atoms with Crippen LogP contribution < -0.4 is 10.2 Å². The van der Waals surface area contributed by atoms with Gasteiger partial charge in [-0.3, -0.25) is 14.9 Å². The smallest absolute Gasteiger partial charge is 0.343 e. The van der Waals surface area contributed by atoms with Crippen molar-refractivity contribution in [1.29, 1.82) is 0 Å². The predicted molar refractivity (Wildman–Crippen MR) is 114 cm³/mol. The summed E-state index contributed by atoms with van der Waals surface area (Å²) in [6.45, 7) is 0. The molecule has 1 amide bonds. The lowest BCUT2D eigenvalue weighted by atomic mass is 10.2. The molecule has 0 aliphatic carbocycles. The molecule has 0 saturated heterocycles. The number of carbonyl (C=O) groups excluding carboxylic acids is 2. The third-order valence-electron chi connectivity index (χ3n) is 3.88. The number of nitrogens with zero attached hydrogens (tertiary/aromatic N) is 2. The minimum atomic E-state index is -0.652. The average molecular weight is 468 g/mol. The van der Waals surface area contributed by atoms with Gasteiger partial charge in [0.25, 0.3) is 11.6 Å². The average Bonchev–Trinajstić information content (AvgIpc) is 2.74. The highest BCUT2D eigenvalue weighted by atomic mass is 79.9. The van der Waals surface area contributed by atoms with E-state index in [-0.39, 0.29) is 22.9 Å². The SMILES string of the molecule is O=C(Oc1cccc(/C=N\NC(=O)c2ccccc2Br)c1)c1ccc([N+](=O)[O-])cc1. The van der Waals surface area contributed by atoms with Crippen LogP contribution in [-0.2, 0) is 0 Å². The molecule has 150 valence electrons. The molecule has 8 nitrogen and oxygen atoms in total. The lowest BCUT2D eigenvalue weighted by Gasteiger charge is -2.05. The summed E-state index contributed by atoms with van der Waals surface area (Å²) in [5, 5.41) is 14.6. The molecule has 0 heterocycles. The van der Waals surface area contributed by atoms with Crippen molar-refractivity contribution in [1.82, 2.24) is 5.43 Å². The van der Waals surface area contributed by atoms with Gasteiger partial charge in [-0.2, -0.15) is 5.10 Å². The summed E-state index contributed by atoms with van der Waals surface area (Å²) in [7, 11) is 0. The number of nitro groups is 1. The van der Waals surface area contributed by atoms with E-state index in [2.05, 4.69) is 26.5 Å². The van der Waals surface area contributed by atoms with Crippen molar-refractivity contribution in [2.45, 2.75) is 0 Å². The Hall–Kier alpha value is -3.85. The third-order valence-corrected chi connectivity index (χ3v) is 4.57. The van der Waals surface area contributed by atoms with Crippen molar-refractivity contribution >= 4 is 39.7 Å². The van der Waals surface area contributed by atoms with Crippen LogP contribution in [-0.4, -0.2) is 23.0 Å². The first-order valence-electron chi connectivity index (χ1n) is 8.58. The highest BCUT2D eigenvalue weighted by Gasteiger charge is 2.12. The molecule has 0 atom stereocenters. The van der Waals surface area contributed by atoms with Crippen LogP contribution in [0.4, 0.5) is 5.69 Å². The summed E-state index contributed by atoms with van der Waals surface area (Å²) in [6, 6.07) is 18.6. The van der Waals surface area contributed by atoms with Gasteiger partial charge in [-0.15, -0.1) is 0 Å². The molecule has 0 bridgehead atoms. The van der Waals surface area contributed by atoms with E-state index in [1.54, 1.807) is 48.5 Å². The number of amides is 1. The van der Waals surface area contributed by atoms with E-state index in [0.717, 1.165) is 0 Å². The van der Waals surface area contributed by atoms with Crippen LogP contribution in [0.25, 0.3) is 0 Å². The van der Waals surface area contributed by atoms with Gasteiger partial charge in [0, 0.05) is 16.6 Å². The summed E-state index contributed by atoms with van der Waals surface area (Å²) in [4.78, 5) is 34.5. The molecular formula is C21H14BrN3O5. The fraction of sp³-hybridized carbons (Fsp3) is 0. The first-order valence-corrected chi connectivity index (χ1v) is 9.38. The lowest BCUT2D eigenvalue weighted by Crippen LogP contribution is -2.18. The topological polar surface area (TPSA) is 111 Å². The molecule has 0 aliphatic rings. The van der Waals surface area contributed by atoms with E-state index in [1.165, 1.54) is 30.5 Å². The molecule has 1 N–H and O–H groups in total. The maximum atomic E-state index is 12.2. The van der Waals surface area contributed by atoms with Gasteiger partial charge < -0.3 is 4.74 Å². The largest absolute Gasteiger partial charge is 0.423 e. The van der Waals surface area contributed by atoms with Gasteiger partial charge in [0.05, 0.1) is 22.3 Å². The Kier molecular flexibility index (Phi) is 6.66. The number of benzene rings is 3. The maximum Gasteiger partial charge on any atom is 0.343 e. The lowest BCUT2D eigenvalue weighted by molar-refractivity contribution is -0.384. The van der Waals surface area contributed by atoms with Crippen molar-refractivity contribution in [3.05, 3.63) is 104 Å². The van der Waals surface area contributed by atoms with Crippen LogP contribution in [0.15, 0.2) is 82.4 Å². The van der Waals surface area contributed by atoms with E-state index < -0.39 is 10.9 Å². The van der Waals surface area contributed by atoms with Gasteiger partial charge in [0.1, 0.15) is 5.75 Å². The first kappa shape index (κ1) is 20.9. The molecule has 30 heavy (non-hydrogen) atoms. The molecule has 0 aliphatic heterocycles. The molecule has 3 rings (SSSR count). The zero-order valence-electron chi connectivity index (χ0n) is 15.3. The normalized spacial score (nSPS) is 10.6. The van der Waals surface area contributed by atoms with Crippen molar-refractivity contribution in [3.63, 3.8) is 0 Å². The minimum Gasteiger partial charge on any atom is -0.423 e. The molecule has 0 saturated carbocycles. The number of hydrazone groups is 1. The number of rotatable bonds is 6. The molecular weight excluding hydrogens is 454 g/mol. The summed E-state index contributed by atoms with van der Waals surface area (Å²) < 4.78 is 5.94. The highest BCUT2D eigenvalue weighted by molar-refractivity contribution is 9.10. The van der Waals surface area contributed by atoms with E-state index in [4.69, 9.17) is 4.74 Å². The first-order chi connectivity index (χ1) is 14.4. The Morgan fingerprint density at radius 1 is 1.03 bits per heavy atom. The summed E-state index contributed by atoms with van der Waals surface area (Å²) in [5.41, 5.74) is 3.53. The second-order valence-corrected chi connectivity index (χ2v) is 6.80. The van der Waals surface area contributed by atoms with Crippen molar-refractivity contribution in [3.8, 4) is 5.75 Å². The Bertz CT molecular complexity index is 1130. The van der Waals surface area contributed by atoms with Gasteiger partial charge >= 0.3 is 5.97 Å². The fourth-order valence-corrected chi connectivity index (χ4v) is 2.88. The number of nitro benzene ring substituents is 1. The fourth-order valence-electron chi connectivity index (χ4n) is 2.41. The van der Waals surface area contributed by atoms with Crippen LogP contribution in [0.1, 0.15) is 26.3 Å². The highest BCUT2D eigenvalue weighted by Crippen LogP contribution is 2.17. The Balaban J connectivity index is 1.63. The van der Waals surface area contributed by atoms with E-state index in [1.807, 2.05) is 0 Å². The summed E-state index contributed by atoms with van der Waals surface area (Å²) in [6.07, 6.45) is 1.41. The van der Waals surface area contributed by atoms with Crippen molar-refractivity contribution in [2.24, 2.45) is 5.10 Å². The number of hydrogen-bond acceptors (Lipinski definition) is 6. The van der Waals surface area contributed by atoms with Crippen LogP contribution in [0, 0.1) is 10.1 Å². The van der Waals surface area contributed by atoms with Gasteiger partial charge in [0.15, 0.2) is 0 Å². The minimum absolute atomic E-state index is 0.116. The van der Waals surface area contributed by atoms with Crippen molar-refractivity contribution in [2.75, 3.05) is 0 Å². The molecule has 0 aromatic heterocycles. The zero-order chi connectivity index (χ0) is 21.5. The second kappa shape index (κ2) is 9.57. The van der Waals surface area contributed by atoms with Gasteiger partial charge in [-0.25, -0.2) is 10.2 Å². The molecule has 3 aromatic carbocycles. The monoisotopic (exact) mass is 467 g/mol. The number of non-ortho nitro benzene ring substituents is 1. The van der Waals surface area contributed by atoms with E-state index in [9.17, 15) is 19.7 Å². The number of carbonyl (C=O) groups is 2. The number of ether oxygens (including phenoxy) is 1. The Labute approximate surface area is 179 Å². The molecule has 0 unspecified atom stereocenters. The predicted octanol–water partition coefficient (Wildman–Crippen LogP) is 4.34. The standard InChI is InChI=1S/C21H14BrN3O5/c22-19-7-2-1-6-18(19)20(26)24-23-13-14-4-3-5-17(12-14)30-21(27)15-8-10-16(11-9-15)25(28)29/h1-13H,(H,24,26)/b23-13-. The molecule has 3 aromatic rings. The van der Waals surface area contributed by atoms with Crippen LogP contribution in [0.2, 0.25) is 0 Å². The number of hydrogen-bond donors (Lipinski definition) is 1. The van der Waals surface area contributed by atoms with Crippen LogP contribution >= 0.6 is 15.9 Å². The van der Waals surface area contributed by atoms with Crippen molar-refractivity contribution < 1.29 is 19.2 Å². The summed E-state index contributed by atoms with van der Waals surface area (Å²) in [5.74, 6) is -0.764. The quantitative estimate of drug-likeness (QED) is 0.190. The molecule has 0 radical (unpaired) electrons. The zero-order valence-corrected chi connectivity index (χ0v) is 16.9. The van der Waals surface area contributed by atoms with E-state index >= 15 is 0 Å². The molecule has 9 heteroatoms. The number of nitrogens with one attached hydrogen (secondary N) is 1. The Morgan fingerprint density at radius 2 is 1.77 bits per heavy atom. The number of halogens is 1. The molecule has 0 spiro atoms. The van der Waals surface area contributed by atoms with Crippen LogP contribution in [0.5, 0.6) is 5.75 Å². The molecule has 0 fully saturated rings. The summed E-state index contributed by atoms with van der Waals surface area (Å²) >= 11 is 3.30.